The number of carboxylic acids is 1. The largest absolute Gasteiger partial charge is 0.480 e. The number of nitrogens with two attached hydrogens (primary N) is 1. The van der Waals surface area contributed by atoms with Gasteiger partial charge in [0.15, 0.2) is 0 Å². The molecule has 0 saturated heterocycles. The fraction of sp³-hybridized carbons (Fsp3) is 0.455. The Balaban J connectivity index is 2.21. The molecule has 4 unspecified atom stereocenters. The van der Waals surface area contributed by atoms with Crippen molar-refractivity contribution in [3.8, 4) is 0 Å². The van der Waals surface area contributed by atoms with Crippen molar-refractivity contribution in [2.45, 2.75) is 37.0 Å². The highest BCUT2D eigenvalue weighted by Gasteiger charge is 2.30. The second kappa shape index (κ2) is 14.0. The molecule has 4 atom stereocenters. The number of hydrogen-bond acceptors (Lipinski definition) is 8. The Morgan fingerprint density at radius 1 is 1.06 bits per heavy atom. The predicted octanol–water partition coefficient (Wildman–Crippen LogP) is -0.748. The summed E-state index contributed by atoms with van der Waals surface area (Å²) in [6, 6.07) is 2.78. The minimum atomic E-state index is -1.43. The van der Waals surface area contributed by atoms with Crippen molar-refractivity contribution in [3.05, 3.63) is 36.0 Å². The van der Waals surface area contributed by atoms with Crippen molar-refractivity contribution in [3.63, 3.8) is 0 Å². The lowest BCUT2D eigenvalue weighted by molar-refractivity contribution is -0.142. The molecule has 2 aromatic rings. The molecule has 0 aliphatic rings. The summed E-state index contributed by atoms with van der Waals surface area (Å²) in [5, 5.41) is 26.9. The van der Waals surface area contributed by atoms with Crippen LogP contribution in [0, 0.1) is 0 Å². The van der Waals surface area contributed by atoms with Crippen molar-refractivity contribution >= 4 is 59.0 Å². The van der Waals surface area contributed by atoms with E-state index in [2.05, 4.69) is 33.6 Å². The maximum atomic E-state index is 13.1. The first-order valence-corrected chi connectivity index (χ1v) is 12.9. The molecule has 192 valence electrons. The number of carbonyl (C=O) groups is 4. The Bertz CT molecular complexity index is 1030. The molecule has 0 bridgehead atoms. The third-order valence-electron chi connectivity index (χ3n) is 5.31. The van der Waals surface area contributed by atoms with Crippen molar-refractivity contribution in [1.29, 1.82) is 0 Å². The average Bonchev–Trinajstić information content (AvgIpc) is 3.25. The molecule has 1 aromatic heterocycles. The summed E-state index contributed by atoms with van der Waals surface area (Å²) in [6.45, 7) is -0.780. The number of carboxylic acid groups (broad SMARTS) is 1. The van der Waals surface area contributed by atoms with Gasteiger partial charge in [-0.25, -0.2) is 4.79 Å². The number of hydrogen-bond donors (Lipinski definition) is 8. The van der Waals surface area contributed by atoms with Crippen molar-refractivity contribution in [1.82, 2.24) is 20.9 Å². The van der Waals surface area contributed by atoms with Crippen LogP contribution in [0.25, 0.3) is 10.9 Å². The highest BCUT2D eigenvalue weighted by atomic mass is 32.2. The molecule has 0 radical (unpaired) electrons. The fourth-order valence-corrected chi connectivity index (χ4v) is 4.05. The van der Waals surface area contributed by atoms with Crippen LogP contribution in [0.1, 0.15) is 12.0 Å². The number of benzene rings is 1. The molecular weight excluding hydrogens is 494 g/mol. The molecule has 0 fully saturated rings. The van der Waals surface area contributed by atoms with Crippen LogP contribution in [0.15, 0.2) is 30.5 Å². The number of aromatic amines is 1. The first-order chi connectivity index (χ1) is 16.7. The molecule has 1 heterocycles. The first-order valence-electron chi connectivity index (χ1n) is 10.9. The fourth-order valence-electron chi connectivity index (χ4n) is 3.31. The van der Waals surface area contributed by atoms with Crippen LogP contribution in [-0.4, -0.2) is 87.4 Å². The first kappa shape index (κ1) is 28.5. The summed E-state index contributed by atoms with van der Waals surface area (Å²) in [5.74, 6) is -2.97. The number of thioether (sulfide) groups is 1. The van der Waals surface area contributed by atoms with Gasteiger partial charge in [0.2, 0.25) is 17.7 Å². The van der Waals surface area contributed by atoms with Gasteiger partial charge < -0.3 is 36.9 Å². The topological polar surface area (TPSA) is 187 Å². The highest BCUT2D eigenvalue weighted by molar-refractivity contribution is 7.98. The van der Waals surface area contributed by atoms with Gasteiger partial charge in [-0.15, -0.1) is 0 Å². The monoisotopic (exact) mass is 525 g/mol. The van der Waals surface area contributed by atoms with E-state index in [4.69, 9.17) is 10.8 Å². The smallest absolute Gasteiger partial charge is 0.327 e. The summed E-state index contributed by atoms with van der Waals surface area (Å²) in [4.78, 5) is 52.5. The van der Waals surface area contributed by atoms with Gasteiger partial charge in [-0.3, -0.25) is 14.4 Å². The highest BCUT2D eigenvalue weighted by Crippen LogP contribution is 2.19. The lowest BCUT2D eigenvalue weighted by Crippen LogP contribution is -2.58. The Labute approximate surface area is 212 Å². The van der Waals surface area contributed by atoms with Gasteiger partial charge in [0.1, 0.15) is 18.1 Å². The molecule has 8 N–H and O–H groups in total. The molecule has 35 heavy (non-hydrogen) atoms. The van der Waals surface area contributed by atoms with Gasteiger partial charge in [-0.1, -0.05) is 18.2 Å². The minimum Gasteiger partial charge on any atom is -0.480 e. The van der Waals surface area contributed by atoms with Gasteiger partial charge >= 0.3 is 5.97 Å². The van der Waals surface area contributed by atoms with Gasteiger partial charge in [-0.2, -0.15) is 24.4 Å². The maximum absolute atomic E-state index is 13.1. The van der Waals surface area contributed by atoms with Crippen molar-refractivity contribution < 1.29 is 29.4 Å². The van der Waals surface area contributed by atoms with E-state index in [-0.39, 0.29) is 12.2 Å². The van der Waals surface area contributed by atoms with E-state index in [1.54, 1.807) is 6.20 Å². The van der Waals surface area contributed by atoms with E-state index in [0.717, 1.165) is 16.5 Å². The number of aliphatic carboxylic acids is 1. The number of carbonyl (C=O) groups excluding carboxylic acids is 3. The van der Waals surface area contributed by atoms with E-state index in [1.807, 2.05) is 30.5 Å². The normalized spacial score (nSPS) is 14.5. The zero-order valence-corrected chi connectivity index (χ0v) is 20.9. The zero-order chi connectivity index (χ0) is 26.0. The third kappa shape index (κ3) is 8.16. The van der Waals surface area contributed by atoms with Crippen molar-refractivity contribution in [2.75, 3.05) is 24.4 Å². The summed E-state index contributed by atoms with van der Waals surface area (Å²) >= 11 is 5.42. The number of nitrogens with one attached hydrogen (secondary N) is 4. The molecule has 0 spiro atoms. The van der Waals surface area contributed by atoms with Crippen LogP contribution in [0.5, 0.6) is 0 Å². The molecule has 0 aliphatic heterocycles. The molecular formula is C22H31N5O6S2. The second-order valence-corrected chi connectivity index (χ2v) is 9.19. The molecule has 11 nitrogen and oxygen atoms in total. The van der Waals surface area contributed by atoms with E-state index >= 15 is 0 Å². The molecule has 13 heteroatoms. The van der Waals surface area contributed by atoms with Crippen LogP contribution >= 0.6 is 24.4 Å². The minimum absolute atomic E-state index is 0.0883. The number of aliphatic hydroxyl groups excluding tert-OH is 1. The summed E-state index contributed by atoms with van der Waals surface area (Å²) in [5.41, 5.74) is 7.56. The average molecular weight is 526 g/mol. The molecule has 3 amide bonds. The molecule has 0 saturated carbocycles. The van der Waals surface area contributed by atoms with Crippen LogP contribution in [-0.2, 0) is 25.6 Å². The van der Waals surface area contributed by atoms with Crippen LogP contribution in [0.3, 0.4) is 0 Å². The van der Waals surface area contributed by atoms with Crippen molar-refractivity contribution in [2.24, 2.45) is 5.73 Å². The van der Waals surface area contributed by atoms with E-state index in [0.29, 0.717) is 12.2 Å². The van der Waals surface area contributed by atoms with Crippen LogP contribution < -0.4 is 21.7 Å². The van der Waals surface area contributed by atoms with Crippen LogP contribution in [0.4, 0.5) is 0 Å². The summed E-state index contributed by atoms with van der Waals surface area (Å²) < 4.78 is 0. The Morgan fingerprint density at radius 2 is 1.69 bits per heavy atom. The molecule has 0 aliphatic carbocycles. The maximum Gasteiger partial charge on any atom is 0.327 e. The molecule has 1 aromatic carbocycles. The number of fused-ring (bicyclic) bond motifs is 1. The Kier molecular flexibility index (Phi) is 11.4. The predicted molar refractivity (Wildman–Crippen MR) is 137 cm³/mol. The standard InChI is InChI=1S/C22H31N5O6S2/c1-35-7-6-14(23)19(29)25-16(8-12-9-24-15-5-3-2-4-13(12)15)20(30)26-17(10-28)21(31)27-18(11-34)22(32)33/h2-5,9,14,16-18,24,28,34H,6-8,10-11,23H2,1H3,(H,25,29)(H,26,30)(H,27,31)(H,32,33). The SMILES string of the molecule is CSCCC(N)C(=O)NC(Cc1c[nH]c2ccccc12)C(=O)NC(CO)C(=O)NC(CS)C(=O)O. The molecule has 2 rings (SSSR count). The number of aromatic nitrogens is 1. The van der Waals surface area contributed by atoms with E-state index in [1.165, 1.54) is 11.8 Å². The van der Waals surface area contributed by atoms with Crippen LogP contribution in [0.2, 0.25) is 0 Å². The van der Waals surface area contributed by atoms with Gasteiger partial charge in [0.25, 0.3) is 0 Å². The zero-order valence-electron chi connectivity index (χ0n) is 19.2. The number of thiol groups is 1. The Morgan fingerprint density at radius 3 is 2.31 bits per heavy atom. The number of amides is 3. The van der Waals surface area contributed by atoms with Gasteiger partial charge in [0, 0.05) is 29.3 Å². The summed E-state index contributed by atoms with van der Waals surface area (Å²) in [6.07, 6.45) is 4.12. The summed E-state index contributed by atoms with van der Waals surface area (Å²) in [7, 11) is 0. The number of para-hydroxylation sites is 1. The lowest BCUT2D eigenvalue weighted by atomic mass is 10.0. The quantitative estimate of drug-likeness (QED) is 0.148. The number of H-pyrrole nitrogens is 1. The number of aliphatic hydroxyl groups is 1. The van der Waals surface area contributed by atoms with Gasteiger partial charge in [0.05, 0.1) is 12.6 Å². The van der Waals surface area contributed by atoms with E-state index < -0.39 is 54.5 Å². The second-order valence-electron chi connectivity index (χ2n) is 7.84. The van der Waals surface area contributed by atoms with E-state index in [9.17, 15) is 24.3 Å². The Hall–Kier alpha value is -2.74. The third-order valence-corrected chi connectivity index (χ3v) is 6.32. The van der Waals surface area contributed by atoms with Gasteiger partial charge in [-0.05, 0) is 30.1 Å². The lowest BCUT2D eigenvalue weighted by Gasteiger charge is -2.24. The number of rotatable bonds is 14.